The molecule has 0 aliphatic rings. The van der Waals surface area contributed by atoms with Gasteiger partial charge >= 0.3 is 6.09 Å². The van der Waals surface area contributed by atoms with Crippen molar-refractivity contribution in [2.75, 3.05) is 27.2 Å². The third-order valence-electron chi connectivity index (χ3n) is 0.576. The average Bonchev–Trinajstić information content (AvgIpc) is 1.62. The van der Waals surface area contributed by atoms with Gasteiger partial charge in [-0.2, -0.15) is 0 Å². The molecular weight excluding hydrogens is 134 g/mol. The molecule has 0 heterocycles. The number of hydrogen-bond donors (Lipinski definition) is 3. The van der Waals surface area contributed by atoms with Crippen LogP contribution in [0.1, 0.15) is 0 Å². The number of primary amides is 1. The number of hydrogen-bond acceptors (Lipinski definition) is 3. The summed E-state index contributed by atoms with van der Waals surface area (Å²) in [6.07, 6.45) is -1.33. The van der Waals surface area contributed by atoms with Crippen LogP contribution >= 0.6 is 0 Å². The molecule has 0 aromatic rings. The predicted octanol–water partition coefficient (Wildman–Crippen LogP) is -0.870. The Labute approximate surface area is 60.6 Å². The van der Waals surface area contributed by atoms with E-state index in [0.29, 0.717) is 0 Å². The SMILES string of the molecule is CN(C)CCN.NC(=O)O. The highest BCUT2D eigenvalue weighted by molar-refractivity contribution is 5.61. The van der Waals surface area contributed by atoms with Crippen LogP contribution in [0.15, 0.2) is 0 Å². The first-order valence-corrected chi connectivity index (χ1v) is 2.84. The van der Waals surface area contributed by atoms with Crippen molar-refractivity contribution < 1.29 is 9.90 Å². The lowest BCUT2D eigenvalue weighted by Gasteiger charge is -2.03. The molecule has 5 N–H and O–H groups in total. The summed E-state index contributed by atoms with van der Waals surface area (Å²) in [6.45, 7) is 1.74. The lowest BCUT2D eigenvalue weighted by molar-refractivity contribution is 0.205. The molecular formula is C5H15N3O2. The van der Waals surface area contributed by atoms with Gasteiger partial charge in [-0.15, -0.1) is 0 Å². The van der Waals surface area contributed by atoms with Crippen LogP contribution in [-0.4, -0.2) is 43.3 Å². The van der Waals surface area contributed by atoms with Crippen LogP contribution in [0, 0.1) is 0 Å². The summed E-state index contributed by atoms with van der Waals surface area (Å²) in [4.78, 5) is 10.8. The molecule has 0 aliphatic carbocycles. The smallest absolute Gasteiger partial charge is 0.402 e. The van der Waals surface area contributed by atoms with Gasteiger partial charge in [-0.3, -0.25) is 0 Å². The lowest BCUT2D eigenvalue weighted by Crippen LogP contribution is -2.20. The van der Waals surface area contributed by atoms with E-state index in [2.05, 4.69) is 10.6 Å². The summed E-state index contributed by atoms with van der Waals surface area (Å²) in [5.74, 6) is 0. The van der Waals surface area contributed by atoms with E-state index in [-0.39, 0.29) is 0 Å². The van der Waals surface area contributed by atoms with Gasteiger partial charge in [0.15, 0.2) is 0 Å². The number of likely N-dealkylation sites (N-methyl/N-ethyl adjacent to an activating group) is 1. The van der Waals surface area contributed by atoms with Crippen LogP contribution in [-0.2, 0) is 0 Å². The molecule has 10 heavy (non-hydrogen) atoms. The molecule has 62 valence electrons. The van der Waals surface area contributed by atoms with Crippen molar-refractivity contribution in [3.8, 4) is 0 Å². The van der Waals surface area contributed by atoms with Gasteiger partial charge in [0.05, 0.1) is 0 Å². The maximum Gasteiger partial charge on any atom is 0.402 e. The van der Waals surface area contributed by atoms with Gasteiger partial charge in [-0.05, 0) is 14.1 Å². The second-order valence-corrected chi connectivity index (χ2v) is 1.93. The number of amides is 1. The van der Waals surface area contributed by atoms with E-state index in [1.807, 2.05) is 14.1 Å². The standard InChI is InChI=1S/C4H12N2.CH3NO2/c1-6(2)4-3-5;2-1(3)4/h3-5H2,1-2H3;2H2,(H,3,4). The van der Waals surface area contributed by atoms with Gasteiger partial charge in [0.25, 0.3) is 0 Å². The van der Waals surface area contributed by atoms with Crippen molar-refractivity contribution in [2.24, 2.45) is 11.5 Å². The molecule has 0 rings (SSSR count). The van der Waals surface area contributed by atoms with Crippen molar-refractivity contribution in [1.29, 1.82) is 0 Å². The highest BCUT2D eigenvalue weighted by atomic mass is 16.4. The average molecular weight is 149 g/mol. The molecule has 0 saturated carbocycles. The highest BCUT2D eigenvalue weighted by Gasteiger charge is 1.79. The topological polar surface area (TPSA) is 92.6 Å². The lowest BCUT2D eigenvalue weighted by atomic mass is 10.6. The number of carbonyl (C=O) groups is 1. The second-order valence-electron chi connectivity index (χ2n) is 1.93. The number of nitrogens with two attached hydrogens (primary N) is 2. The van der Waals surface area contributed by atoms with E-state index < -0.39 is 6.09 Å². The molecule has 0 aliphatic heterocycles. The van der Waals surface area contributed by atoms with Crippen LogP contribution in [0.25, 0.3) is 0 Å². The summed E-state index contributed by atoms with van der Waals surface area (Å²) in [5.41, 5.74) is 9.22. The molecule has 0 unspecified atom stereocenters. The van der Waals surface area contributed by atoms with Crippen molar-refractivity contribution >= 4 is 6.09 Å². The maximum atomic E-state index is 8.78. The highest BCUT2D eigenvalue weighted by Crippen LogP contribution is 1.64. The minimum Gasteiger partial charge on any atom is -0.465 e. The fourth-order valence-electron chi connectivity index (χ4n) is 0.258. The van der Waals surface area contributed by atoms with Crippen molar-refractivity contribution in [3.63, 3.8) is 0 Å². The van der Waals surface area contributed by atoms with Crippen LogP contribution in [0.5, 0.6) is 0 Å². The fourth-order valence-corrected chi connectivity index (χ4v) is 0.258. The van der Waals surface area contributed by atoms with Crippen molar-refractivity contribution in [1.82, 2.24) is 4.90 Å². The number of nitrogens with zero attached hydrogens (tertiary/aromatic N) is 1. The van der Waals surface area contributed by atoms with Gasteiger partial charge in [0, 0.05) is 13.1 Å². The molecule has 5 heteroatoms. The van der Waals surface area contributed by atoms with Gasteiger partial charge < -0.3 is 21.5 Å². The Morgan fingerprint density at radius 1 is 1.60 bits per heavy atom. The molecule has 0 atom stereocenters. The van der Waals surface area contributed by atoms with E-state index in [1.165, 1.54) is 0 Å². The Balaban J connectivity index is 0. The zero-order chi connectivity index (χ0) is 8.57. The van der Waals surface area contributed by atoms with Crippen molar-refractivity contribution in [3.05, 3.63) is 0 Å². The van der Waals surface area contributed by atoms with E-state index in [1.54, 1.807) is 0 Å². The van der Waals surface area contributed by atoms with Gasteiger partial charge in [-0.1, -0.05) is 0 Å². The Bertz CT molecular complexity index is 81.0. The van der Waals surface area contributed by atoms with Crippen LogP contribution in [0.4, 0.5) is 4.79 Å². The maximum absolute atomic E-state index is 8.78. The molecule has 0 aromatic carbocycles. The van der Waals surface area contributed by atoms with E-state index in [9.17, 15) is 0 Å². The normalized spacial score (nSPS) is 8.40. The van der Waals surface area contributed by atoms with E-state index >= 15 is 0 Å². The predicted molar refractivity (Wildman–Crippen MR) is 39.8 cm³/mol. The molecule has 0 fully saturated rings. The molecule has 0 radical (unpaired) electrons. The van der Waals surface area contributed by atoms with Gasteiger partial charge in [0.1, 0.15) is 0 Å². The largest absolute Gasteiger partial charge is 0.465 e. The Morgan fingerprint density at radius 3 is 1.90 bits per heavy atom. The van der Waals surface area contributed by atoms with E-state index in [0.717, 1.165) is 13.1 Å². The molecule has 0 aromatic heterocycles. The zero-order valence-corrected chi connectivity index (χ0v) is 6.37. The minimum absolute atomic E-state index is 0.757. The monoisotopic (exact) mass is 149 g/mol. The Hall–Kier alpha value is -0.810. The summed E-state index contributed by atoms with van der Waals surface area (Å²) < 4.78 is 0. The minimum atomic E-state index is -1.33. The quantitative estimate of drug-likeness (QED) is 0.476. The van der Waals surface area contributed by atoms with Gasteiger partial charge in [0.2, 0.25) is 0 Å². The van der Waals surface area contributed by atoms with Gasteiger partial charge in [-0.25, -0.2) is 4.79 Å². The summed E-state index contributed by atoms with van der Waals surface area (Å²) in [7, 11) is 4.01. The summed E-state index contributed by atoms with van der Waals surface area (Å²) >= 11 is 0. The molecule has 0 spiro atoms. The Morgan fingerprint density at radius 2 is 1.90 bits per heavy atom. The molecule has 0 saturated heterocycles. The summed E-state index contributed by atoms with van der Waals surface area (Å²) in [6, 6.07) is 0. The first-order chi connectivity index (χ1) is 4.50. The zero-order valence-electron chi connectivity index (χ0n) is 6.37. The van der Waals surface area contributed by atoms with E-state index in [4.69, 9.17) is 15.6 Å². The van der Waals surface area contributed by atoms with Crippen LogP contribution in [0.3, 0.4) is 0 Å². The Kier molecular flexibility index (Phi) is 9.77. The molecule has 0 bridgehead atoms. The third-order valence-corrected chi connectivity index (χ3v) is 0.576. The number of rotatable bonds is 2. The molecule has 5 nitrogen and oxygen atoms in total. The molecule has 1 amide bonds. The number of carboxylic acid groups (broad SMARTS) is 1. The van der Waals surface area contributed by atoms with Crippen LogP contribution in [0.2, 0.25) is 0 Å². The first kappa shape index (κ1) is 11.9. The van der Waals surface area contributed by atoms with Crippen molar-refractivity contribution in [2.45, 2.75) is 0 Å². The second kappa shape index (κ2) is 8.19. The summed E-state index contributed by atoms with van der Waals surface area (Å²) in [5, 5.41) is 7.19. The van der Waals surface area contributed by atoms with Crippen LogP contribution < -0.4 is 11.5 Å². The first-order valence-electron chi connectivity index (χ1n) is 2.84. The third kappa shape index (κ3) is 57.4. The fraction of sp³-hybridized carbons (Fsp3) is 0.800.